The van der Waals surface area contributed by atoms with Gasteiger partial charge in [-0.2, -0.15) is 0 Å². The highest BCUT2D eigenvalue weighted by Crippen LogP contribution is 2.41. The van der Waals surface area contributed by atoms with Crippen LogP contribution in [0.25, 0.3) is 0 Å². The van der Waals surface area contributed by atoms with Crippen LogP contribution in [-0.4, -0.2) is 8.07 Å². The molecule has 1 aromatic rings. The third-order valence-electron chi connectivity index (χ3n) is 3.75. The molecule has 0 unspecified atom stereocenters. The standard InChI is InChI=1S/C16H24Si/c1-6-13-17(14-7-2,16(3,4)5)15-11-9-8-10-12-15/h6-12H,1-2,13-14H2,3-5H3. The molecule has 0 nitrogen and oxygen atoms in total. The normalized spacial score (nSPS) is 12.2. The lowest BCUT2D eigenvalue weighted by atomic mass is 10.2. The van der Waals surface area contributed by atoms with E-state index in [-0.39, 0.29) is 0 Å². The first kappa shape index (κ1) is 14.0. The summed E-state index contributed by atoms with van der Waals surface area (Å²) in [6.45, 7) is 15.0. The molecule has 0 atom stereocenters. The summed E-state index contributed by atoms with van der Waals surface area (Å²) in [6.07, 6.45) is 4.18. The van der Waals surface area contributed by atoms with Gasteiger partial charge < -0.3 is 0 Å². The molecule has 1 rings (SSSR count). The highest BCUT2D eigenvalue weighted by molar-refractivity contribution is 6.94. The lowest BCUT2D eigenvalue weighted by Gasteiger charge is -2.42. The molecule has 17 heavy (non-hydrogen) atoms. The molecule has 0 fully saturated rings. The van der Waals surface area contributed by atoms with Gasteiger partial charge in [0.2, 0.25) is 0 Å². The Kier molecular flexibility index (Phi) is 4.52. The van der Waals surface area contributed by atoms with Gasteiger partial charge in [0, 0.05) is 0 Å². The van der Waals surface area contributed by atoms with Crippen LogP contribution in [0.2, 0.25) is 17.1 Å². The molecule has 0 amide bonds. The first-order valence-corrected chi connectivity index (χ1v) is 8.66. The molecular weight excluding hydrogens is 220 g/mol. The van der Waals surface area contributed by atoms with E-state index in [1.54, 1.807) is 0 Å². The maximum Gasteiger partial charge on any atom is 0.0993 e. The van der Waals surface area contributed by atoms with E-state index in [4.69, 9.17) is 0 Å². The van der Waals surface area contributed by atoms with Gasteiger partial charge in [0.1, 0.15) is 0 Å². The van der Waals surface area contributed by atoms with Crippen molar-refractivity contribution in [2.75, 3.05) is 0 Å². The van der Waals surface area contributed by atoms with Gasteiger partial charge in [0.15, 0.2) is 0 Å². The van der Waals surface area contributed by atoms with Crippen LogP contribution < -0.4 is 5.19 Å². The number of rotatable bonds is 5. The largest absolute Gasteiger partial charge is 0.103 e. The van der Waals surface area contributed by atoms with E-state index in [0.717, 1.165) is 12.1 Å². The van der Waals surface area contributed by atoms with Gasteiger partial charge >= 0.3 is 0 Å². The van der Waals surface area contributed by atoms with Crippen molar-refractivity contribution in [1.29, 1.82) is 0 Å². The van der Waals surface area contributed by atoms with E-state index >= 15 is 0 Å². The molecule has 0 aliphatic heterocycles. The Morgan fingerprint density at radius 1 is 1.00 bits per heavy atom. The Labute approximate surface area is 107 Å². The Morgan fingerprint density at radius 3 is 1.82 bits per heavy atom. The predicted octanol–water partition coefficient (Wildman–Crippen LogP) is 4.51. The fourth-order valence-corrected chi connectivity index (χ4v) is 7.16. The van der Waals surface area contributed by atoms with Gasteiger partial charge in [0.05, 0.1) is 8.07 Å². The van der Waals surface area contributed by atoms with Gasteiger partial charge in [-0.05, 0) is 17.1 Å². The molecule has 92 valence electrons. The smallest absolute Gasteiger partial charge is 0.0993 e. The second-order valence-corrected chi connectivity index (χ2v) is 10.7. The van der Waals surface area contributed by atoms with Gasteiger partial charge in [-0.1, -0.05) is 68.4 Å². The van der Waals surface area contributed by atoms with Crippen LogP contribution >= 0.6 is 0 Å². The Bertz CT molecular complexity index is 360. The SMILES string of the molecule is C=CC[Si](CC=C)(c1ccccc1)C(C)(C)C. The fraction of sp³-hybridized carbons (Fsp3) is 0.375. The Balaban J connectivity index is 3.34. The summed E-state index contributed by atoms with van der Waals surface area (Å²) in [5.41, 5.74) is 0. The molecule has 0 spiro atoms. The van der Waals surface area contributed by atoms with Gasteiger partial charge in [-0.25, -0.2) is 0 Å². The highest BCUT2D eigenvalue weighted by atomic mass is 28.3. The molecule has 1 aromatic carbocycles. The molecule has 0 aliphatic carbocycles. The summed E-state index contributed by atoms with van der Waals surface area (Å²) in [5, 5.41) is 1.84. The van der Waals surface area contributed by atoms with Crippen molar-refractivity contribution in [1.82, 2.24) is 0 Å². The van der Waals surface area contributed by atoms with Crippen molar-refractivity contribution in [2.24, 2.45) is 0 Å². The van der Waals surface area contributed by atoms with E-state index in [0.29, 0.717) is 5.04 Å². The molecule has 0 saturated heterocycles. The van der Waals surface area contributed by atoms with Crippen molar-refractivity contribution in [3.05, 3.63) is 55.6 Å². The summed E-state index contributed by atoms with van der Waals surface area (Å²) >= 11 is 0. The maximum absolute atomic E-state index is 3.97. The van der Waals surface area contributed by atoms with Crippen LogP contribution in [0.15, 0.2) is 55.6 Å². The molecule has 0 heterocycles. The Morgan fingerprint density at radius 2 is 1.47 bits per heavy atom. The third kappa shape index (κ3) is 2.78. The number of benzene rings is 1. The van der Waals surface area contributed by atoms with Gasteiger partial charge in [-0.15, -0.1) is 13.2 Å². The lowest BCUT2D eigenvalue weighted by molar-refractivity contribution is 0.720. The summed E-state index contributed by atoms with van der Waals surface area (Å²) in [5.74, 6) is 0. The van der Waals surface area contributed by atoms with E-state index < -0.39 is 8.07 Å². The summed E-state index contributed by atoms with van der Waals surface area (Å²) in [6, 6.07) is 13.2. The van der Waals surface area contributed by atoms with E-state index in [1.807, 2.05) is 0 Å². The van der Waals surface area contributed by atoms with Crippen LogP contribution in [0, 0.1) is 0 Å². The van der Waals surface area contributed by atoms with Crippen LogP contribution in [-0.2, 0) is 0 Å². The van der Waals surface area contributed by atoms with E-state index in [2.05, 4.69) is 76.4 Å². The van der Waals surface area contributed by atoms with Crippen molar-refractivity contribution < 1.29 is 0 Å². The number of allylic oxidation sites excluding steroid dienone is 2. The molecule has 0 aromatic heterocycles. The lowest BCUT2D eigenvalue weighted by Crippen LogP contribution is -2.54. The third-order valence-corrected chi connectivity index (χ3v) is 10.0. The van der Waals surface area contributed by atoms with Crippen molar-refractivity contribution in [3.8, 4) is 0 Å². The highest BCUT2D eigenvalue weighted by Gasteiger charge is 2.43. The second kappa shape index (κ2) is 5.50. The van der Waals surface area contributed by atoms with Crippen LogP contribution in [0.4, 0.5) is 0 Å². The molecule has 0 aliphatic rings. The Hall–Kier alpha value is -1.08. The average molecular weight is 244 g/mol. The van der Waals surface area contributed by atoms with Gasteiger partial charge in [-0.3, -0.25) is 0 Å². The fourth-order valence-electron chi connectivity index (χ4n) is 2.61. The minimum atomic E-state index is -1.61. The minimum absolute atomic E-state index is 0.316. The zero-order valence-corrected chi connectivity index (χ0v) is 12.4. The first-order chi connectivity index (χ1) is 7.98. The second-order valence-electron chi connectivity index (χ2n) is 5.68. The van der Waals surface area contributed by atoms with Crippen LogP contribution in [0.3, 0.4) is 0 Å². The maximum atomic E-state index is 3.97. The monoisotopic (exact) mass is 244 g/mol. The molecular formula is C16H24Si. The quantitative estimate of drug-likeness (QED) is 0.528. The molecule has 1 heteroatoms. The van der Waals surface area contributed by atoms with Crippen molar-refractivity contribution >= 4 is 13.3 Å². The molecule has 0 saturated carbocycles. The molecule has 0 radical (unpaired) electrons. The first-order valence-electron chi connectivity index (χ1n) is 6.25. The average Bonchev–Trinajstić information content (AvgIpc) is 2.28. The summed E-state index contributed by atoms with van der Waals surface area (Å²) in [4.78, 5) is 0. The van der Waals surface area contributed by atoms with E-state index in [1.165, 1.54) is 5.19 Å². The zero-order valence-electron chi connectivity index (χ0n) is 11.4. The minimum Gasteiger partial charge on any atom is -0.103 e. The van der Waals surface area contributed by atoms with Crippen molar-refractivity contribution in [2.45, 2.75) is 37.9 Å². The topological polar surface area (TPSA) is 0 Å². The predicted molar refractivity (Wildman–Crippen MR) is 81.6 cm³/mol. The van der Waals surface area contributed by atoms with E-state index in [9.17, 15) is 0 Å². The van der Waals surface area contributed by atoms with Gasteiger partial charge in [0.25, 0.3) is 0 Å². The zero-order chi connectivity index (χ0) is 12.9. The van der Waals surface area contributed by atoms with Crippen molar-refractivity contribution in [3.63, 3.8) is 0 Å². The van der Waals surface area contributed by atoms with Crippen LogP contribution in [0.5, 0.6) is 0 Å². The molecule has 0 N–H and O–H groups in total. The summed E-state index contributed by atoms with van der Waals surface area (Å²) < 4.78 is 0. The number of hydrogen-bond donors (Lipinski definition) is 0. The van der Waals surface area contributed by atoms with Crippen LogP contribution in [0.1, 0.15) is 20.8 Å². The molecule has 0 bridgehead atoms. The summed E-state index contributed by atoms with van der Waals surface area (Å²) in [7, 11) is -1.61. The number of hydrogen-bond acceptors (Lipinski definition) is 0.